The van der Waals surface area contributed by atoms with Crippen LogP contribution < -0.4 is 0 Å². The van der Waals surface area contributed by atoms with E-state index in [9.17, 15) is 4.79 Å². The molecule has 0 aromatic heterocycles. The molecule has 0 rings (SSSR count). The summed E-state index contributed by atoms with van der Waals surface area (Å²) in [5, 5.41) is 17.7. The van der Waals surface area contributed by atoms with Gasteiger partial charge in [0, 0.05) is 6.42 Å². The molecule has 22 heavy (non-hydrogen) atoms. The van der Waals surface area contributed by atoms with Crippen LogP contribution in [0.2, 0.25) is 0 Å². The lowest BCUT2D eigenvalue weighted by Gasteiger charge is -2.17. The molecule has 0 aliphatic carbocycles. The molecule has 0 heterocycles. The molecule has 0 aromatic rings. The highest BCUT2D eigenvalue weighted by Gasteiger charge is 2.10. The monoisotopic (exact) mass is 316 g/mol. The standard InChI is InChI=1S/C18H36O4/c1-4-5-6-9-15(2)12-16(3)10-7-8-11-18(21)22-14-17(20)13-19/h15-17,19-20H,4-14H2,1-3H3/t15?,16-,17+/m0/s1. The van der Waals surface area contributed by atoms with E-state index in [1.807, 2.05) is 0 Å². The molecule has 0 aromatic carbocycles. The third kappa shape index (κ3) is 13.1. The predicted octanol–water partition coefficient (Wildman–Crippen LogP) is 3.69. The Morgan fingerprint density at radius 2 is 1.64 bits per heavy atom. The summed E-state index contributed by atoms with van der Waals surface area (Å²) in [5.41, 5.74) is 0. The molecule has 0 aliphatic rings. The molecular formula is C18H36O4. The summed E-state index contributed by atoms with van der Waals surface area (Å²) >= 11 is 0. The average molecular weight is 316 g/mol. The fraction of sp³-hybridized carbons (Fsp3) is 0.944. The molecule has 4 nitrogen and oxygen atoms in total. The van der Waals surface area contributed by atoms with E-state index in [4.69, 9.17) is 14.9 Å². The van der Waals surface area contributed by atoms with Crippen LogP contribution in [0, 0.1) is 11.8 Å². The van der Waals surface area contributed by atoms with Crippen LogP contribution in [0.4, 0.5) is 0 Å². The van der Waals surface area contributed by atoms with E-state index in [1.165, 1.54) is 32.1 Å². The summed E-state index contributed by atoms with van der Waals surface area (Å²) in [6.45, 7) is 6.40. The number of carbonyl (C=O) groups excluding carboxylic acids is 1. The van der Waals surface area contributed by atoms with Crippen LogP contribution in [0.5, 0.6) is 0 Å². The first-order chi connectivity index (χ1) is 10.5. The van der Waals surface area contributed by atoms with Crippen LogP contribution in [-0.2, 0) is 9.53 Å². The Morgan fingerprint density at radius 3 is 2.18 bits per heavy atom. The molecule has 132 valence electrons. The van der Waals surface area contributed by atoms with E-state index in [2.05, 4.69) is 20.8 Å². The number of rotatable bonds is 14. The number of unbranched alkanes of at least 4 members (excludes halogenated alkanes) is 3. The quantitative estimate of drug-likeness (QED) is 0.379. The van der Waals surface area contributed by atoms with E-state index in [0.717, 1.165) is 25.2 Å². The number of aliphatic hydroxyl groups is 2. The smallest absolute Gasteiger partial charge is 0.305 e. The largest absolute Gasteiger partial charge is 0.463 e. The van der Waals surface area contributed by atoms with Crippen molar-refractivity contribution in [3.05, 3.63) is 0 Å². The normalized spacial score (nSPS) is 15.3. The first-order valence-electron chi connectivity index (χ1n) is 8.94. The predicted molar refractivity (Wildman–Crippen MR) is 89.6 cm³/mol. The maximum atomic E-state index is 11.4. The molecule has 0 spiro atoms. The highest BCUT2D eigenvalue weighted by atomic mass is 16.5. The van der Waals surface area contributed by atoms with Crippen molar-refractivity contribution in [1.29, 1.82) is 0 Å². The van der Waals surface area contributed by atoms with Crippen molar-refractivity contribution in [2.24, 2.45) is 11.8 Å². The Labute approximate surface area is 136 Å². The summed E-state index contributed by atoms with van der Waals surface area (Å²) in [7, 11) is 0. The number of ether oxygens (including phenoxy) is 1. The summed E-state index contributed by atoms with van der Waals surface area (Å²) in [4.78, 5) is 11.4. The van der Waals surface area contributed by atoms with Crippen LogP contribution >= 0.6 is 0 Å². The Hall–Kier alpha value is -0.610. The SMILES string of the molecule is CCCCCC(C)C[C@@H](C)CCCCC(=O)OC[C@H](O)CO. The van der Waals surface area contributed by atoms with Crippen molar-refractivity contribution < 1.29 is 19.7 Å². The van der Waals surface area contributed by atoms with Crippen LogP contribution in [0.1, 0.15) is 78.6 Å². The number of hydrogen-bond donors (Lipinski definition) is 2. The maximum Gasteiger partial charge on any atom is 0.305 e. The molecule has 0 radical (unpaired) electrons. The fourth-order valence-corrected chi connectivity index (χ4v) is 2.74. The van der Waals surface area contributed by atoms with Gasteiger partial charge < -0.3 is 14.9 Å². The number of carbonyl (C=O) groups is 1. The van der Waals surface area contributed by atoms with Crippen molar-refractivity contribution in [3.63, 3.8) is 0 Å². The average Bonchev–Trinajstić information content (AvgIpc) is 2.49. The molecule has 0 aliphatic heterocycles. The van der Waals surface area contributed by atoms with Gasteiger partial charge in [0.25, 0.3) is 0 Å². The maximum absolute atomic E-state index is 11.4. The Bertz CT molecular complexity index is 268. The van der Waals surface area contributed by atoms with Gasteiger partial charge in [0.05, 0.1) is 6.61 Å². The summed E-state index contributed by atoms with van der Waals surface area (Å²) in [5.74, 6) is 1.23. The minimum atomic E-state index is -0.960. The van der Waals surface area contributed by atoms with Crippen molar-refractivity contribution in [2.45, 2.75) is 84.7 Å². The fourth-order valence-electron chi connectivity index (χ4n) is 2.74. The highest BCUT2D eigenvalue weighted by molar-refractivity contribution is 5.69. The van der Waals surface area contributed by atoms with E-state index in [0.29, 0.717) is 12.3 Å². The Morgan fingerprint density at radius 1 is 1.05 bits per heavy atom. The number of esters is 1. The number of hydrogen-bond acceptors (Lipinski definition) is 4. The zero-order valence-electron chi connectivity index (χ0n) is 14.7. The molecule has 2 N–H and O–H groups in total. The Kier molecular flexibility index (Phi) is 13.6. The van der Waals surface area contributed by atoms with Crippen molar-refractivity contribution in [3.8, 4) is 0 Å². The van der Waals surface area contributed by atoms with Gasteiger partial charge in [-0.2, -0.15) is 0 Å². The third-order valence-electron chi connectivity index (χ3n) is 4.08. The highest BCUT2D eigenvalue weighted by Crippen LogP contribution is 2.22. The Balaban J connectivity index is 3.55. The van der Waals surface area contributed by atoms with Gasteiger partial charge in [0.15, 0.2) is 0 Å². The topological polar surface area (TPSA) is 66.8 Å². The first kappa shape index (κ1) is 21.4. The molecule has 3 atom stereocenters. The van der Waals surface area contributed by atoms with Crippen molar-refractivity contribution in [1.82, 2.24) is 0 Å². The second-order valence-electron chi connectivity index (χ2n) is 6.71. The second kappa shape index (κ2) is 14.0. The van der Waals surface area contributed by atoms with Gasteiger partial charge in [0.2, 0.25) is 0 Å². The summed E-state index contributed by atoms with van der Waals surface area (Å²) in [6.07, 6.45) is 9.05. The molecular weight excluding hydrogens is 280 g/mol. The summed E-state index contributed by atoms with van der Waals surface area (Å²) in [6, 6.07) is 0. The minimum Gasteiger partial charge on any atom is -0.463 e. The lowest BCUT2D eigenvalue weighted by molar-refractivity contribution is -0.147. The van der Waals surface area contributed by atoms with E-state index in [-0.39, 0.29) is 19.2 Å². The van der Waals surface area contributed by atoms with Crippen molar-refractivity contribution >= 4 is 5.97 Å². The van der Waals surface area contributed by atoms with Crippen LogP contribution in [0.3, 0.4) is 0 Å². The number of aliphatic hydroxyl groups excluding tert-OH is 2. The van der Waals surface area contributed by atoms with Gasteiger partial charge in [0.1, 0.15) is 12.7 Å². The van der Waals surface area contributed by atoms with Crippen LogP contribution in [0.15, 0.2) is 0 Å². The molecule has 0 saturated heterocycles. The molecule has 4 heteroatoms. The minimum absolute atomic E-state index is 0.110. The third-order valence-corrected chi connectivity index (χ3v) is 4.08. The lowest BCUT2D eigenvalue weighted by atomic mass is 9.89. The van der Waals surface area contributed by atoms with Gasteiger partial charge >= 0.3 is 5.97 Å². The van der Waals surface area contributed by atoms with Crippen LogP contribution in [-0.4, -0.2) is 35.5 Å². The molecule has 0 amide bonds. The first-order valence-corrected chi connectivity index (χ1v) is 8.94. The van der Waals surface area contributed by atoms with E-state index >= 15 is 0 Å². The second-order valence-corrected chi connectivity index (χ2v) is 6.71. The molecule has 0 fully saturated rings. The van der Waals surface area contributed by atoms with E-state index < -0.39 is 6.10 Å². The van der Waals surface area contributed by atoms with Gasteiger partial charge in [-0.05, 0) is 24.7 Å². The zero-order valence-corrected chi connectivity index (χ0v) is 14.7. The zero-order chi connectivity index (χ0) is 16.8. The molecule has 1 unspecified atom stereocenters. The van der Waals surface area contributed by atoms with Crippen LogP contribution in [0.25, 0.3) is 0 Å². The van der Waals surface area contributed by atoms with Gasteiger partial charge in [-0.3, -0.25) is 4.79 Å². The van der Waals surface area contributed by atoms with Crippen molar-refractivity contribution in [2.75, 3.05) is 13.2 Å². The van der Waals surface area contributed by atoms with Gasteiger partial charge in [-0.25, -0.2) is 0 Å². The van der Waals surface area contributed by atoms with Gasteiger partial charge in [-0.15, -0.1) is 0 Å². The van der Waals surface area contributed by atoms with E-state index in [1.54, 1.807) is 0 Å². The summed E-state index contributed by atoms with van der Waals surface area (Å²) < 4.78 is 4.87. The lowest BCUT2D eigenvalue weighted by Crippen LogP contribution is -2.21. The molecule has 0 saturated carbocycles. The molecule has 0 bridgehead atoms. The van der Waals surface area contributed by atoms with Gasteiger partial charge in [-0.1, -0.05) is 59.3 Å².